The molecule has 2 bridgehead atoms. The fourth-order valence-corrected chi connectivity index (χ4v) is 4.36. The molecule has 4 rings (SSSR count). The van der Waals surface area contributed by atoms with Crippen LogP contribution >= 0.6 is 0 Å². The van der Waals surface area contributed by atoms with Crippen molar-refractivity contribution in [3.05, 3.63) is 51.7 Å². The van der Waals surface area contributed by atoms with Gasteiger partial charge in [0.05, 0.1) is 5.69 Å². The van der Waals surface area contributed by atoms with E-state index in [0.717, 1.165) is 43.1 Å². The molecule has 25 heavy (non-hydrogen) atoms. The Morgan fingerprint density at radius 1 is 1.24 bits per heavy atom. The first-order chi connectivity index (χ1) is 12.0. The van der Waals surface area contributed by atoms with Gasteiger partial charge in [-0.25, -0.2) is 0 Å². The van der Waals surface area contributed by atoms with Crippen LogP contribution in [0, 0.1) is 19.8 Å². The molecule has 1 saturated heterocycles. The van der Waals surface area contributed by atoms with Gasteiger partial charge in [0.2, 0.25) is 5.91 Å². The summed E-state index contributed by atoms with van der Waals surface area (Å²) in [6.07, 6.45) is 1.55. The fourth-order valence-electron chi connectivity index (χ4n) is 4.36. The van der Waals surface area contributed by atoms with Crippen LogP contribution in [0.2, 0.25) is 0 Å². The number of rotatable bonds is 3. The third-order valence-corrected chi connectivity index (χ3v) is 5.47. The number of fused-ring (bicyclic) bond motifs is 4. The molecule has 2 aromatic heterocycles. The minimum Gasteiger partial charge on any atom is -0.342 e. The third-order valence-electron chi connectivity index (χ3n) is 5.47. The van der Waals surface area contributed by atoms with Gasteiger partial charge in [0.25, 0.3) is 5.56 Å². The predicted molar refractivity (Wildman–Crippen MR) is 94.4 cm³/mol. The Kier molecular flexibility index (Phi) is 3.98. The zero-order chi connectivity index (χ0) is 17.6. The first kappa shape index (κ1) is 16.1. The molecule has 6 heteroatoms. The Morgan fingerprint density at radius 3 is 2.84 bits per heavy atom. The topological polar surface area (TPSA) is 60.1 Å². The molecule has 2 atom stereocenters. The largest absolute Gasteiger partial charge is 0.342 e. The smallest absolute Gasteiger partial charge is 0.250 e. The van der Waals surface area contributed by atoms with Gasteiger partial charge < -0.3 is 9.47 Å². The summed E-state index contributed by atoms with van der Waals surface area (Å²) in [5, 5.41) is 4.43. The number of carbonyl (C=O) groups is 1. The molecule has 0 N–H and O–H groups in total. The first-order valence-corrected chi connectivity index (χ1v) is 9.00. The molecule has 0 saturated carbocycles. The van der Waals surface area contributed by atoms with Crippen LogP contribution in [0.15, 0.2) is 29.1 Å². The number of pyridine rings is 1. The van der Waals surface area contributed by atoms with Crippen molar-refractivity contribution in [2.75, 3.05) is 13.1 Å². The van der Waals surface area contributed by atoms with E-state index in [4.69, 9.17) is 0 Å². The number of carbonyl (C=O) groups excluding carboxylic acids is 1. The highest BCUT2D eigenvalue weighted by Gasteiger charge is 2.35. The molecule has 2 aliphatic rings. The van der Waals surface area contributed by atoms with Gasteiger partial charge in [0.15, 0.2) is 0 Å². The van der Waals surface area contributed by atoms with E-state index in [1.165, 1.54) is 0 Å². The molecule has 1 amide bonds. The standard InChI is InChI=1S/C19H24N4O2/c1-13-8-14(2)23(20-13)7-6-18(24)21-10-15-9-16(12-21)17-4-3-5-19(25)22(17)11-15/h3-5,8,15-16H,6-7,9-12H2,1-2H3/t15-,16+/m0/s1. The summed E-state index contributed by atoms with van der Waals surface area (Å²) in [5.74, 6) is 0.844. The SMILES string of the molecule is Cc1cc(C)n(CCC(=O)N2C[C@@H]3C[C@H](C2)c2cccc(=O)n2C3)n1. The minimum absolute atomic E-state index is 0.0801. The predicted octanol–water partition coefficient (Wildman–Crippen LogP) is 1.70. The molecule has 6 nitrogen and oxygen atoms in total. The summed E-state index contributed by atoms with van der Waals surface area (Å²) in [6, 6.07) is 7.52. The third kappa shape index (κ3) is 3.01. The van der Waals surface area contributed by atoms with Gasteiger partial charge in [-0.2, -0.15) is 5.10 Å². The van der Waals surface area contributed by atoms with Crippen LogP contribution in [-0.2, 0) is 17.9 Å². The van der Waals surface area contributed by atoms with Gasteiger partial charge in [0.1, 0.15) is 0 Å². The lowest BCUT2D eigenvalue weighted by Crippen LogP contribution is -2.49. The molecule has 1 fully saturated rings. The summed E-state index contributed by atoms with van der Waals surface area (Å²) in [5.41, 5.74) is 3.24. The zero-order valence-corrected chi connectivity index (χ0v) is 14.8. The van der Waals surface area contributed by atoms with Crippen molar-refractivity contribution < 1.29 is 4.79 Å². The van der Waals surface area contributed by atoms with Crippen LogP contribution in [0.25, 0.3) is 0 Å². The quantitative estimate of drug-likeness (QED) is 0.854. The summed E-state index contributed by atoms with van der Waals surface area (Å²) in [4.78, 5) is 26.8. The van der Waals surface area contributed by atoms with E-state index in [2.05, 4.69) is 5.10 Å². The van der Waals surface area contributed by atoms with Gasteiger partial charge in [0, 0.05) is 56.0 Å². The van der Waals surface area contributed by atoms with E-state index in [9.17, 15) is 9.59 Å². The maximum atomic E-state index is 12.7. The lowest BCUT2D eigenvalue weighted by molar-refractivity contribution is -0.134. The molecule has 2 aliphatic heterocycles. The Morgan fingerprint density at radius 2 is 2.08 bits per heavy atom. The van der Waals surface area contributed by atoms with Crippen molar-refractivity contribution in [3.63, 3.8) is 0 Å². The van der Waals surface area contributed by atoms with Crippen molar-refractivity contribution in [1.82, 2.24) is 19.2 Å². The normalized spacial score (nSPS) is 21.9. The number of amides is 1. The maximum absolute atomic E-state index is 12.7. The molecule has 0 aliphatic carbocycles. The van der Waals surface area contributed by atoms with E-state index in [1.54, 1.807) is 6.07 Å². The second-order valence-corrected chi connectivity index (χ2v) is 7.40. The van der Waals surface area contributed by atoms with Crippen LogP contribution in [0.4, 0.5) is 0 Å². The number of aromatic nitrogens is 3. The Labute approximate surface area is 147 Å². The summed E-state index contributed by atoms with van der Waals surface area (Å²) < 4.78 is 3.81. The summed E-state index contributed by atoms with van der Waals surface area (Å²) >= 11 is 0. The van der Waals surface area contributed by atoms with Gasteiger partial charge in [-0.15, -0.1) is 0 Å². The highest BCUT2D eigenvalue weighted by atomic mass is 16.2. The number of piperidine rings is 1. The van der Waals surface area contributed by atoms with Gasteiger partial charge in [-0.1, -0.05) is 6.07 Å². The van der Waals surface area contributed by atoms with Gasteiger partial charge in [-0.3, -0.25) is 14.3 Å². The van der Waals surface area contributed by atoms with E-state index >= 15 is 0 Å². The minimum atomic E-state index is 0.0801. The van der Waals surface area contributed by atoms with E-state index in [0.29, 0.717) is 18.9 Å². The second kappa shape index (κ2) is 6.17. The highest BCUT2D eigenvalue weighted by Crippen LogP contribution is 2.35. The van der Waals surface area contributed by atoms with Crippen molar-refractivity contribution in [1.29, 1.82) is 0 Å². The van der Waals surface area contributed by atoms with E-state index < -0.39 is 0 Å². The lowest BCUT2D eigenvalue weighted by atomic mass is 9.83. The molecular weight excluding hydrogens is 316 g/mol. The maximum Gasteiger partial charge on any atom is 0.250 e. The van der Waals surface area contributed by atoms with Crippen LogP contribution in [0.5, 0.6) is 0 Å². The monoisotopic (exact) mass is 340 g/mol. The Bertz CT molecular complexity index is 867. The Hall–Kier alpha value is -2.37. The van der Waals surface area contributed by atoms with Gasteiger partial charge in [-0.05, 0) is 38.3 Å². The summed E-state index contributed by atoms with van der Waals surface area (Å²) in [6.45, 7) is 6.82. The average molecular weight is 340 g/mol. The molecule has 2 aromatic rings. The van der Waals surface area contributed by atoms with Crippen molar-refractivity contribution in [3.8, 4) is 0 Å². The molecule has 0 aromatic carbocycles. The molecule has 0 unspecified atom stereocenters. The molecule has 132 valence electrons. The van der Waals surface area contributed by atoms with E-state index in [-0.39, 0.29) is 17.4 Å². The van der Waals surface area contributed by atoms with Crippen molar-refractivity contribution in [2.24, 2.45) is 5.92 Å². The zero-order valence-electron chi connectivity index (χ0n) is 14.8. The molecule has 0 radical (unpaired) electrons. The number of hydrogen-bond acceptors (Lipinski definition) is 3. The van der Waals surface area contributed by atoms with Crippen molar-refractivity contribution >= 4 is 5.91 Å². The first-order valence-electron chi connectivity index (χ1n) is 9.00. The number of aryl methyl sites for hydroxylation is 3. The van der Waals surface area contributed by atoms with Crippen molar-refractivity contribution in [2.45, 2.75) is 45.7 Å². The molecule has 4 heterocycles. The van der Waals surface area contributed by atoms with Crippen LogP contribution in [0.1, 0.15) is 35.8 Å². The second-order valence-electron chi connectivity index (χ2n) is 7.40. The van der Waals surface area contributed by atoms with Crippen LogP contribution in [0.3, 0.4) is 0 Å². The molecule has 0 spiro atoms. The molecular formula is C19H24N4O2. The van der Waals surface area contributed by atoms with Crippen LogP contribution in [-0.4, -0.2) is 38.2 Å². The van der Waals surface area contributed by atoms with Crippen LogP contribution < -0.4 is 5.56 Å². The number of likely N-dealkylation sites (tertiary alicyclic amines) is 1. The highest BCUT2D eigenvalue weighted by molar-refractivity contribution is 5.76. The number of hydrogen-bond donors (Lipinski definition) is 0. The fraction of sp³-hybridized carbons (Fsp3) is 0.526. The summed E-state index contributed by atoms with van der Waals surface area (Å²) in [7, 11) is 0. The lowest BCUT2D eigenvalue weighted by Gasteiger charge is -2.42. The Balaban J connectivity index is 1.45. The van der Waals surface area contributed by atoms with E-state index in [1.807, 2.05) is 46.2 Å². The van der Waals surface area contributed by atoms with Gasteiger partial charge >= 0.3 is 0 Å². The number of nitrogens with zero attached hydrogens (tertiary/aromatic N) is 4. The average Bonchev–Trinajstić information content (AvgIpc) is 2.91.